The summed E-state index contributed by atoms with van der Waals surface area (Å²) in [6.07, 6.45) is 5.02. The second kappa shape index (κ2) is 5.66. The van der Waals surface area contributed by atoms with Crippen molar-refractivity contribution in [3.8, 4) is 0 Å². The summed E-state index contributed by atoms with van der Waals surface area (Å²) < 4.78 is 11.1. The van der Waals surface area contributed by atoms with Crippen molar-refractivity contribution in [3.63, 3.8) is 0 Å². The quantitative estimate of drug-likeness (QED) is 0.619. The van der Waals surface area contributed by atoms with Crippen molar-refractivity contribution in [2.24, 2.45) is 23.7 Å². The Morgan fingerprint density at radius 1 is 1.13 bits per heavy atom. The smallest absolute Gasteiger partial charge is 0.313 e. The monoisotopic (exact) mass is 314 g/mol. The van der Waals surface area contributed by atoms with Crippen molar-refractivity contribution in [2.45, 2.75) is 44.3 Å². The van der Waals surface area contributed by atoms with Crippen LogP contribution in [0.25, 0.3) is 0 Å². The summed E-state index contributed by atoms with van der Waals surface area (Å²) in [4.78, 5) is 23.8. The average Bonchev–Trinajstić information content (AvgIpc) is 2.53. The molecule has 23 heavy (non-hydrogen) atoms. The third-order valence-corrected chi connectivity index (χ3v) is 6.01. The molecule has 0 radical (unpaired) electrons. The van der Waals surface area contributed by atoms with Crippen LogP contribution in [0, 0.1) is 23.7 Å². The minimum absolute atomic E-state index is 0.195. The third-order valence-electron chi connectivity index (χ3n) is 6.01. The number of ether oxygens (including phenoxy) is 2. The van der Waals surface area contributed by atoms with E-state index in [1.807, 2.05) is 30.3 Å². The standard InChI is InChI=1S/C19H22O4/c20-12-23-19-9-14-6-15(10-19)8-16(7-14)17(19)18(21)22-11-13-4-2-1-3-5-13/h1-5,12,14-17H,6-11H2. The van der Waals surface area contributed by atoms with Gasteiger partial charge < -0.3 is 9.47 Å². The topological polar surface area (TPSA) is 52.6 Å². The molecule has 4 aliphatic rings. The molecule has 0 aliphatic heterocycles. The predicted molar refractivity (Wildman–Crippen MR) is 83.2 cm³/mol. The van der Waals surface area contributed by atoms with Crippen LogP contribution in [0.3, 0.4) is 0 Å². The van der Waals surface area contributed by atoms with Gasteiger partial charge in [0.2, 0.25) is 0 Å². The fourth-order valence-corrected chi connectivity index (χ4v) is 5.46. The molecule has 0 N–H and O–H groups in total. The lowest BCUT2D eigenvalue weighted by atomic mass is 9.49. The van der Waals surface area contributed by atoms with E-state index in [2.05, 4.69) is 0 Å². The fourth-order valence-electron chi connectivity index (χ4n) is 5.46. The van der Waals surface area contributed by atoms with Crippen LogP contribution in [0.2, 0.25) is 0 Å². The van der Waals surface area contributed by atoms with E-state index in [1.54, 1.807) is 0 Å². The number of carbonyl (C=O) groups is 2. The molecule has 1 aromatic rings. The number of esters is 1. The first-order chi connectivity index (χ1) is 11.2. The predicted octanol–water partition coefficient (Wildman–Crippen LogP) is 3.10. The van der Waals surface area contributed by atoms with Gasteiger partial charge in [0.25, 0.3) is 6.47 Å². The van der Waals surface area contributed by atoms with Crippen LogP contribution >= 0.6 is 0 Å². The second-order valence-electron chi connectivity index (χ2n) is 7.46. The lowest BCUT2D eigenvalue weighted by Crippen LogP contribution is -2.61. The summed E-state index contributed by atoms with van der Waals surface area (Å²) in [5, 5.41) is 0. The third kappa shape index (κ3) is 2.54. The largest absolute Gasteiger partial charge is 0.460 e. The molecule has 1 aromatic carbocycles. The number of rotatable bonds is 5. The summed E-state index contributed by atoms with van der Waals surface area (Å²) in [7, 11) is 0. The molecule has 4 fully saturated rings. The molecular weight excluding hydrogens is 292 g/mol. The van der Waals surface area contributed by atoms with Gasteiger partial charge in [-0.3, -0.25) is 9.59 Å². The van der Waals surface area contributed by atoms with Crippen LogP contribution in [-0.2, 0) is 25.7 Å². The Morgan fingerprint density at radius 3 is 2.48 bits per heavy atom. The minimum Gasteiger partial charge on any atom is -0.460 e. The maximum absolute atomic E-state index is 12.8. The van der Waals surface area contributed by atoms with Gasteiger partial charge in [-0.1, -0.05) is 30.3 Å². The second-order valence-corrected chi connectivity index (χ2v) is 7.46. The first-order valence-corrected chi connectivity index (χ1v) is 8.52. The number of hydrogen-bond donors (Lipinski definition) is 0. The first kappa shape index (κ1) is 14.7. The highest BCUT2D eigenvalue weighted by Crippen LogP contribution is 2.60. The molecule has 5 rings (SSSR count). The van der Waals surface area contributed by atoms with Crippen molar-refractivity contribution in [1.29, 1.82) is 0 Å². The SMILES string of the molecule is O=COC12CC3CC(CC(C3)C1C(=O)OCc1ccccc1)C2. The van der Waals surface area contributed by atoms with E-state index in [1.165, 1.54) is 6.42 Å². The van der Waals surface area contributed by atoms with Gasteiger partial charge in [0, 0.05) is 0 Å². The molecule has 0 amide bonds. The van der Waals surface area contributed by atoms with E-state index in [-0.39, 0.29) is 18.5 Å². The lowest BCUT2D eigenvalue weighted by Gasteiger charge is -2.58. The minimum atomic E-state index is -0.607. The molecule has 0 spiro atoms. The molecule has 122 valence electrons. The zero-order chi connectivity index (χ0) is 15.9. The first-order valence-electron chi connectivity index (χ1n) is 8.52. The van der Waals surface area contributed by atoms with Crippen LogP contribution in [0.15, 0.2) is 30.3 Å². The Hall–Kier alpha value is -1.84. The molecule has 4 bridgehead atoms. The van der Waals surface area contributed by atoms with Crippen LogP contribution < -0.4 is 0 Å². The van der Waals surface area contributed by atoms with Gasteiger partial charge in [0.05, 0.1) is 5.92 Å². The maximum Gasteiger partial charge on any atom is 0.313 e. The van der Waals surface area contributed by atoms with Gasteiger partial charge in [-0.05, 0) is 55.4 Å². The molecular formula is C19H22O4. The summed E-state index contributed by atoms with van der Waals surface area (Å²) in [6.45, 7) is 0.817. The zero-order valence-electron chi connectivity index (χ0n) is 13.1. The van der Waals surface area contributed by atoms with Gasteiger partial charge in [-0.25, -0.2) is 0 Å². The van der Waals surface area contributed by atoms with Gasteiger partial charge in [0.1, 0.15) is 12.2 Å². The Labute approximate surface area is 136 Å². The van der Waals surface area contributed by atoms with Crippen LogP contribution in [0.4, 0.5) is 0 Å². The Bertz CT molecular complexity index is 583. The van der Waals surface area contributed by atoms with Crippen molar-refractivity contribution in [2.75, 3.05) is 0 Å². The van der Waals surface area contributed by atoms with Gasteiger partial charge in [-0.15, -0.1) is 0 Å². The molecule has 0 aromatic heterocycles. The Morgan fingerprint density at radius 2 is 1.83 bits per heavy atom. The van der Waals surface area contributed by atoms with E-state index in [9.17, 15) is 9.59 Å². The van der Waals surface area contributed by atoms with E-state index < -0.39 is 5.60 Å². The van der Waals surface area contributed by atoms with Gasteiger partial charge in [0.15, 0.2) is 0 Å². The Kier molecular flexibility index (Phi) is 3.63. The van der Waals surface area contributed by atoms with E-state index in [4.69, 9.17) is 9.47 Å². The number of carbonyl (C=O) groups excluding carboxylic acids is 2. The highest BCUT2D eigenvalue weighted by molar-refractivity contribution is 5.75. The summed E-state index contributed by atoms with van der Waals surface area (Å²) in [5.74, 6) is 1.03. The van der Waals surface area contributed by atoms with Crippen molar-refractivity contribution in [1.82, 2.24) is 0 Å². The van der Waals surface area contributed by atoms with Crippen molar-refractivity contribution >= 4 is 12.4 Å². The highest BCUT2D eigenvalue weighted by Gasteiger charge is 2.61. The molecule has 4 saturated carbocycles. The molecule has 4 nitrogen and oxygen atoms in total. The molecule has 4 aliphatic carbocycles. The molecule has 0 heterocycles. The fraction of sp³-hybridized carbons (Fsp3) is 0.579. The van der Waals surface area contributed by atoms with E-state index in [0.29, 0.717) is 24.2 Å². The van der Waals surface area contributed by atoms with Gasteiger partial charge in [-0.2, -0.15) is 0 Å². The summed E-state index contributed by atoms with van der Waals surface area (Å²) in [5.41, 5.74) is 0.375. The van der Waals surface area contributed by atoms with Crippen LogP contribution in [0.1, 0.15) is 37.7 Å². The zero-order valence-corrected chi connectivity index (χ0v) is 13.1. The normalized spacial score (nSPS) is 37.4. The summed E-state index contributed by atoms with van der Waals surface area (Å²) >= 11 is 0. The molecule has 3 unspecified atom stereocenters. The van der Waals surface area contributed by atoms with E-state index in [0.717, 1.165) is 31.2 Å². The number of benzene rings is 1. The molecule has 3 atom stereocenters. The van der Waals surface area contributed by atoms with Crippen molar-refractivity contribution in [3.05, 3.63) is 35.9 Å². The molecule has 4 heteroatoms. The van der Waals surface area contributed by atoms with E-state index >= 15 is 0 Å². The van der Waals surface area contributed by atoms with Crippen molar-refractivity contribution < 1.29 is 19.1 Å². The highest BCUT2D eigenvalue weighted by atomic mass is 16.6. The summed E-state index contributed by atoms with van der Waals surface area (Å²) in [6, 6.07) is 9.70. The molecule has 0 saturated heterocycles. The lowest BCUT2D eigenvalue weighted by molar-refractivity contribution is -0.209. The van der Waals surface area contributed by atoms with Crippen LogP contribution in [0.5, 0.6) is 0 Å². The Balaban J connectivity index is 1.51. The van der Waals surface area contributed by atoms with Gasteiger partial charge >= 0.3 is 5.97 Å². The number of hydrogen-bond acceptors (Lipinski definition) is 4. The maximum atomic E-state index is 12.8. The average molecular weight is 314 g/mol. The van der Waals surface area contributed by atoms with Crippen LogP contribution in [-0.4, -0.2) is 18.0 Å².